The Bertz CT molecular complexity index is 464. The van der Waals surface area contributed by atoms with Crippen LogP contribution in [0.2, 0.25) is 0 Å². The summed E-state index contributed by atoms with van der Waals surface area (Å²) in [4.78, 5) is 0. The van der Waals surface area contributed by atoms with Crippen LogP contribution in [-0.2, 0) is 4.74 Å². The van der Waals surface area contributed by atoms with Gasteiger partial charge in [-0.3, -0.25) is 0 Å². The molecule has 0 saturated carbocycles. The Labute approximate surface area is 100 Å². The van der Waals surface area contributed by atoms with E-state index in [1.54, 1.807) is 11.3 Å². The molecule has 16 heavy (non-hydrogen) atoms. The number of hydrogen-bond acceptors (Lipinski definition) is 3. The quantitative estimate of drug-likeness (QED) is 0.882. The molecule has 2 rings (SSSR count). The van der Waals surface area contributed by atoms with Gasteiger partial charge in [-0.15, -0.1) is 11.3 Å². The van der Waals surface area contributed by atoms with E-state index < -0.39 is 0 Å². The van der Waals surface area contributed by atoms with Crippen molar-refractivity contribution >= 4 is 21.4 Å². The molecule has 1 heterocycles. The third-order valence-electron chi connectivity index (χ3n) is 2.52. The van der Waals surface area contributed by atoms with Gasteiger partial charge in [0.05, 0.1) is 18.8 Å². The minimum Gasteiger partial charge on any atom is -0.377 e. The molecule has 2 nitrogen and oxygen atoms in total. The Balaban J connectivity index is 2.22. The van der Waals surface area contributed by atoms with Crippen LogP contribution in [0.1, 0.15) is 25.5 Å². The lowest BCUT2D eigenvalue weighted by atomic mass is 10.1. The maximum absolute atomic E-state index is 6.15. The molecule has 2 N–H and O–H groups in total. The van der Waals surface area contributed by atoms with E-state index in [0.717, 1.165) is 0 Å². The second-order valence-electron chi connectivity index (χ2n) is 4.17. The van der Waals surface area contributed by atoms with Crippen LogP contribution in [-0.4, -0.2) is 12.7 Å². The minimum atomic E-state index is -0.0373. The molecule has 0 spiro atoms. The summed E-state index contributed by atoms with van der Waals surface area (Å²) in [5, 5.41) is 3.37. The van der Waals surface area contributed by atoms with Crippen LogP contribution >= 0.6 is 11.3 Å². The number of nitrogens with two attached hydrogens (primary N) is 1. The molecule has 0 saturated heterocycles. The maximum atomic E-state index is 6.15. The predicted molar refractivity (Wildman–Crippen MR) is 69.8 cm³/mol. The number of fused-ring (bicyclic) bond motifs is 1. The molecule has 0 aliphatic rings. The van der Waals surface area contributed by atoms with Crippen molar-refractivity contribution in [3.63, 3.8) is 0 Å². The van der Waals surface area contributed by atoms with Crippen LogP contribution in [0.4, 0.5) is 0 Å². The number of hydrogen-bond donors (Lipinski definition) is 1. The van der Waals surface area contributed by atoms with Crippen molar-refractivity contribution in [3.8, 4) is 0 Å². The lowest BCUT2D eigenvalue weighted by molar-refractivity contribution is 0.0685. The zero-order valence-electron chi connectivity index (χ0n) is 9.64. The molecule has 0 amide bonds. The zero-order chi connectivity index (χ0) is 11.5. The molecular weight excluding hydrogens is 218 g/mol. The van der Waals surface area contributed by atoms with E-state index in [2.05, 4.69) is 29.6 Å². The summed E-state index contributed by atoms with van der Waals surface area (Å²) in [7, 11) is 0. The van der Waals surface area contributed by atoms with E-state index in [1.807, 2.05) is 13.8 Å². The van der Waals surface area contributed by atoms with Crippen molar-refractivity contribution in [1.82, 2.24) is 0 Å². The summed E-state index contributed by atoms with van der Waals surface area (Å²) >= 11 is 1.74. The van der Waals surface area contributed by atoms with E-state index in [0.29, 0.717) is 6.61 Å². The van der Waals surface area contributed by atoms with Gasteiger partial charge >= 0.3 is 0 Å². The molecule has 86 valence electrons. The average molecular weight is 235 g/mol. The highest BCUT2D eigenvalue weighted by Gasteiger charge is 2.11. The van der Waals surface area contributed by atoms with Crippen LogP contribution in [0.5, 0.6) is 0 Å². The van der Waals surface area contributed by atoms with Crippen LogP contribution in [0.15, 0.2) is 29.6 Å². The predicted octanol–water partition coefficient (Wildman–Crippen LogP) is 3.33. The number of thiophene rings is 1. The summed E-state index contributed by atoms with van der Waals surface area (Å²) in [6.07, 6.45) is 0.230. The highest BCUT2D eigenvalue weighted by Crippen LogP contribution is 2.28. The van der Waals surface area contributed by atoms with Gasteiger partial charge in [-0.25, -0.2) is 0 Å². The first-order valence-electron chi connectivity index (χ1n) is 5.52. The number of benzene rings is 1. The fourth-order valence-corrected chi connectivity index (χ4v) is 2.67. The minimum absolute atomic E-state index is 0.0373. The van der Waals surface area contributed by atoms with E-state index in [4.69, 9.17) is 10.5 Å². The first kappa shape index (κ1) is 11.6. The molecule has 2 aromatic rings. The van der Waals surface area contributed by atoms with Crippen LogP contribution in [0.3, 0.4) is 0 Å². The van der Waals surface area contributed by atoms with Gasteiger partial charge in [-0.1, -0.05) is 18.2 Å². The monoisotopic (exact) mass is 235 g/mol. The molecule has 1 unspecified atom stereocenters. The first-order chi connectivity index (χ1) is 7.68. The molecule has 0 radical (unpaired) electrons. The van der Waals surface area contributed by atoms with Gasteiger partial charge in [-0.05, 0) is 36.2 Å². The lowest BCUT2D eigenvalue weighted by Crippen LogP contribution is -2.19. The fourth-order valence-electron chi connectivity index (χ4n) is 1.69. The molecule has 3 heteroatoms. The molecule has 1 aromatic carbocycles. The summed E-state index contributed by atoms with van der Waals surface area (Å²) in [6, 6.07) is 8.35. The second kappa shape index (κ2) is 4.95. The second-order valence-corrected chi connectivity index (χ2v) is 5.09. The molecule has 0 aliphatic heterocycles. The van der Waals surface area contributed by atoms with Gasteiger partial charge in [-0.2, -0.15) is 0 Å². The highest BCUT2D eigenvalue weighted by molar-refractivity contribution is 7.17. The van der Waals surface area contributed by atoms with Crippen molar-refractivity contribution in [2.45, 2.75) is 26.0 Å². The standard InChI is InChI=1S/C13H17NOS/c1-9(2)15-8-12(14)11-5-3-4-10-6-7-16-13(10)11/h3-7,9,12H,8,14H2,1-2H3. The number of ether oxygens (including phenoxy) is 1. The highest BCUT2D eigenvalue weighted by atomic mass is 32.1. The van der Waals surface area contributed by atoms with Gasteiger partial charge < -0.3 is 10.5 Å². The summed E-state index contributed by atoms with van der Waals surface area (Å²) < 4.78 is 6.84. The summed E-state index contributed by atoms with van der Waals surface area (Å²) in [5.41, 5.74) is 7.34. The molecular formula is C13H17NOS. The molecule has 0 aliphatic carbocycles. The zero-order valence-corrected chi connectivity index (χ0v) is 10.5. The van der Waals surface area contributed by atoms with Gasteiger partial charge in [0.1, 0.15) is 0 Å². The molecule has 0 bridgehead atoms. The van der Waals surface area contributed by atoms with Crippen molar-refractivity contribution in [3.05, 3.63) is 35.2 Å². The van der Waals surface area contributed by atoms with Crippen molar-refractivity contribution < 1.29 is 4.74 Å². The van der Waals surface area contributed by atoms with E-state index in [-0.39, 0.29) is 12.1 Å². The Morgan fingerprint density at radius 2 is 2.12 bits per heavy atom. The van der Waals surface area contributed by atoms with Crippen molar-refractivity contribution in [2.24, 2.45) is 5.73 Å². The normalized spacial score (nSPS) is 13.5. The van der Waals surface area contributed by atoms with Gasteiger partial charge in [0, 0.05) is 4.70 Å². The Morgan fingerprint density at radius 3 is 2.88 bits per heavy atom. The van der Waals surface area contributed by atoms with E-state index in [1.165, 1.54) is 15.6 Å². The largest absolute Gasteiger partial charge is 0.377 e. The van der Waals surface area contributed by atoms with Gasteiger partial charge in [0.25, 0.3) is 0 Å². The Kier molecular flexibility index (Phi) is 3.59. The van der Waals surface area contributed by atoms with Gasteiger partial charge in [0.15, 0.2) is 0 Å². The Hall–Kier alpha value is -0.900. The van der Waals surface area contributed by atoms with Crippen molar-refractivity contribution in [2.75, 3.05) is 6.61 Å². The first-order valence-corrected chi connectivity index (χ1v) is 6.39. The number of rotatable bonds is 4. The van der Waals surface area contributed by atoms with Crippen LogP contribution in [0, 0.1) is 0 Å². The summed E-state index contributed by atoms with van der Waals surface area (Å²) in [6.45, 7) is 4.63. The maximum Gasteiger partial charge on any atom is 0.0663 e. The molecule has 1 aromatic heterocycles. The molecule has 1 atom stereocenters. The SMILES string of the molecule is CC(C)OCC(N)c1cccc2ccsc12. The summed E-state index contributed by atoms with van der Waals surface area (Å²) in [5.74, 6) is 0. The Morgan fingerprint density at radius 1 is 1.31 bits per heavy atom. The van der Waals surface area contributed by atoms with E-state index in [9.17, 15) is 0 Å². The average Bonchev–Trinajstić information content (AvgIpc) is 2.73. The lowest BCUT2D eigenvalue weighted by Gasteiger charge is -2.15. The van der Waals surface area contributed by atoms with Crippen LogP contribution in [0.25, 0.3) is 10.1 Å². The smallest absolute Gasteiger partial charge is 0.0663 e. The molecule has 0 fully saturated rings. The van der Waals surface area contributed by atoms with E-state index >= 15 is 0 Å². The fraction of sp³-hybridized carbons (Fsp3) is 0.385. The van der Waals surface area contributed by atoms with Crippen molar-refractivity contribution in [1.29, 1.82) is 0 Å². The third kappa shape index (κ3) is 2.43. The van der Waals surface area contributed by atoms with Gasteiger partial charge in [0.2, 0.25) is 0 Å². The third-order valence-corrected chi connectivity index (χ3v) is 3.50. The topological polar surface area (TPSA) is 35.2 Å². The van der Waals surface area contributed by atoms with Crippen LogP contribution < -0.4 is 5.73 Å².